The molecule has 8 heteroatoms. The van der Waals surface area contributed by atoms with Crippen molar-refractivity contribution in [2.75, 3.05) is 0 Å². The standard InChI is InChI=1S/C13H20N4O3S/c1-4-6-11-7-12(20-16-11)8-14-21(18,19)13-9-17(5-2)15-10(13)3/h7,9,14H,4-6,8H2,1-3H3. The summed E-state index contributed by atoms with van der Waals surface area (Å²) in [5.41, 5.74) is 1.32. The van der Waals surface area contributed by atoms with Gasteiger partial charge in [0.2, 0.25) is 10.0 Å². The van der Waals surface area contributed by atoms with Crippen molar-refractivity contribution in [3.05, 3.63) is 29.4 Å². The molecule has 0 spiro atoms. The van der Waals surface area contributed by atoms with Gasteiger partial charge in [-0.15, -0.1) is 0 Å². The molecule has 116 valence electrons. The second-order valence-electron chi connectivity index (χ2n) is 4.79. The number of rotatable bonds is 7. The Bertz CT molecular complexity index is 703. The molecular formula is C13H20N4O3S. The van der Waals surface area contributed by atoms with E-state index in [9.17, 15) is 8.42 Å². The Morgan fingerprint density at radius 2 is 2.14 bits per heavy atom. The molecule has 2 heterocycles. The van der Waals surface area contributed by atoms with Gasteiger partial charge in [-0.05, 0) is 20.3 Å². The Kier molecular flexibility index (Phi) is 4.79. The first-order chi connectivity index (χ1) is 9.96. The number of hydrogen-bond acceptors (Lipinski definition) is 5. The molecule has 0 radical (unpaired) electrons. The van der Waals surface area contributed by atoms with Crippen LogP contribution in [0.2, 0.25) is 0 Å². The van der Waals surface area contributed by atoms with Crippen molar-refractivity contribution in [2.45, 2.75) is 51.6 Å². The van der Waals surface area contributed by atoms with E-state index in [4.69, 9.17) is 4.52 Å². The summed E-state index contributed by atoms with van der Waals surface area (Å²) in [6.07, 6.45) is 3.31. The van der Waals surface area contributed by atoms with Gasteiger partial charge >= 0.3 is 0 Å². The minimum Gasteiger partial charge on any atom is -0.360 e. The van der Waals surface area contributed by atoms with E-state index < -0.39 is 10.0 Å². The fraction of sp³-hybridized carbons (Fsp3) is 0.538. The van der Waals surface area contributed by atoms with E-state index >= 15 is 0 Å². The molecule has 21 heavy (non-hydrogen) atoms. The van der Waals surface area contributed by atoms with E-state index in [0.29, 0.717) is 18.0 Å². The van der Waals surface area contributed by atoms with Crippen molar-refractivity contribution in [1.29, 1.82) is 0 Å². The summed E-state index contributed by atoms with van der Waals surface area (Å²) in [7, 11) is -3.60. The number of aromatic nitrogens is 3. The first-order valence-corrected chi connectivity index (χ1v) is 8.42. The molecule has 0 amide bonds. The van der Waals surface area contributed by atoms with Crippen molar-refractivity contribution in [1.82, 2.24) is 19.7 Å². The molecule has 2 aromatic rings. The Morgan fingerprint density at radius 1 is 1.38 bits per heavy atom. The minimum absolute atomic E-state index is 0.0792. The summed E-state index contributed by atoms with van der Waals surface area (Å²) in [5, 5.41) is 8.03. The van der Waals surface area contributed by atoms with Gasteiger partial charge in [-0.2, -0.15) is 5.10 Å². The molecule has 0 aromatic carbocycles. The molecule has 0 saturated carbocycles. The molecule has 1 N–H and O–H groups in total. The van der Waals surface area contributed by atoms with Crippen LogP contribution in [0.1, 0.15) is 37.4 Å². The zero-order valence-corrected chi connectivity index (χ0v) is 13.3. The normalized spacial score (nSPS) is 12.0. The Morgan fingerprint density at radius 3 is 2.76 bits per heavy atom. The molecule has 2 rings (SSSR count). The van der Waals surface area contributed by atoms with Crippen molar-refractivity contribution in [3.63, 3.8) is 0 Å². The van der Waals surface area contributed by atoms with Gasteiger partial charge in [0.05, 0.1) is 17.9 Å². The first kappa shape index (κ1) is 15.7. The first-order valence-electron chi connectivity index (χ1n) is 6.94. The molecular weight excluding hydrogens is 292 g/mol. The van der Waals surface area contributed by atoms with Crippen molar-refractivity contribution < 1.29 is 12.9 Å². The second-order valence-corrected chi connectivity index (χ2v) is 6.53. The predicted molar refractivity (Wildman–Crippen MR) is 77.2 cm³/mol. The van der Waals surface area contributed by atoms with Crippen molar-refractivity contribution >= 4 is 10.0 Å². The van der Waals surface area contributed by atoms with E-state index in [1.165, 1.54) is 6.20 Å². The smallest absolute Gasteiger partial charge is 0.244 e. The third kappa shape index (κ3) is 3.70. The monoisotopic (exact) mass is 312 g/mol. The summed E-state index contributed by atoms with van der Waals surface area (Å²) in [6.45, 7) is 6.33. The van der Waals surface area contributed by atoms with E-state index in [2.05, 4.69) is 15.0 Å². The molecule has 2 aromatic heterocycles. The fourth-order valence-corrected chi connectivity index (χ4v) is 3.16. The molecule has 0 saturated heterocycles. The number of hydrogen-bond donors (Lipinski definition) is 1. The predicted octanol–water partition coefficient (Wildman–Crippen LogP) is 1.63. The zero-order valence-electron chi connectivity index (χ0n) is 12.5. The SMILES string of the molecule is CCCc1cc(CNS(=O)(=O)c2cn(CC)nc2C)on1. The Labute approximate surface area is 124 Å². The molecule has 0 bridgehead atoms. The van der Waals surface area contributed by atoms with Gasteiger partial charge in [-0.3, -0.25) is 4.68 Å². The Hall–Kier alpha value is -1.67. The summed E-state index contributed by atoms with van der Waals surface area (Å²) in [5.74, 6) is 0.502. The lowest BCUT2D eigenvalue weighted by atomic mass is 10.2. The van der Waals surface area contributed by atoms with Gasteiger partial charge in [0.25, 0.3) is 0 Å². The second kappa shape index (κ2) is 6.40. The zero-order chi connectivity index (χ0) is 15.5. The highest BCUT2D eigenvalue weighted by atomic mass is 32.2. The van der Waals surface area contributed by atoms with E-state index in [0.717, 1.165) is 18.5 Å². The van der Waals surface area contributed by atoms with Crippen LogP contribution < -0.4 is 4.72 Å². The lowest BCUT2D eigenvalue weighted by molar-refractivity contribution is 0.374. The highest BCUT2D eigenvalue weighted by molar-refractivity contribution is 7.89. The summed E-state index contributed by atoms with van der Waals surface area (Å²) < 4.78 is 33.7. The van der Waals surface area contributed by atoms with Crippen LogP contribution in [0.15, 0.2) is 21.7 Å². The number of nitrogens with zero attached hydrogens (tertiary/aromatic N) is 3. The van der Waals surface area contributed by atoms with Crippen molar-refractivity contribution in [3.8, 4) is 0 Å². The summed E-state index contributed by atoms with van der Waals surface area (Å²) in [6, 6.07) is 1.77. The van der Waals surface area contributed by atoms with Gasteiger partial charge < -0.3 is 4.52 Å². The molecule has 0 atom stereocenters. The average Bonchev–Trinajstić information content (AvgIpc) is 3.04. The lowest BCUT2D eigenvalue weighted by Crippen LogP contribution is -2.23. The summed E-state index contributed by atoms with van der Waals surface area (Å²) >= 11 is 0. The maximum absolute atomic E-state index is 12.3. The molecule has 0 unspecified atom stereocenters. The number of aryl methyl sites for hydroxylation is 3. The van der Waals surface area contributed by atoms with Crippen LogP contribution in [0.4, 0.5) is 0 Å². The van der Waals surface area contributed by atoms with E-state index in [1.807, 2.05) is 13.8 Å². The third-order valence-corrected chi connectivity index (χ3v) is 4.57. The molecule has 0 fully saturated rings. The number of nitrogens with one attached hydrogen (secondary N) is 1. The maximum atomic E-state index is 12.3. The highest BCUT2D eigenvalue weighted by Crippen LogP contribution is 2.14. The van der Waals surface area contributed by atoms with Gasteiger partial charge in [0.15, 0.2) is 5.76 Å². The van der Waals surface area contributed by atoms with Gasteiger partial charge in [0, 0.05) is 18.8 Å². The quantitative estimate of drug-likeness (QED) is 0.839. The van der Waals surface area contributed by atoms with Crippen LogP contribution in [-0.4, -0.2) is 23.4 Å². The van der Waals surface area contributed by atoms with Crippen LogP contribution >= 0.6 is 0 Å². The van der Waals surface area contributed by atoms with Crippen LogP contribution in [0, 0.1) is 6.92 Å². The average molecular weight is 312 g/mol. The third-order valence-electron chi connectivity index (χ3n) is 3.07. The number of sulfonamides is 1. The van der Waals surface area contributed by atoms with Crippen molar-refractivity contribution in [2.24, 2.45) is 0 Å². The maximum Gasteiger partial charge on any atom is 0.244 e. The largest absolute Gasteiger partial charge is 0.360 e. The molecule has 0 aliphatic heterocycles. The van der Waals surface area contributed by atoms with Crippen LogP contribution in [0.5, 0.6) is 0 Å². The van der Waals surface area contributed by atoms with E-state index in [1.54, 1.807) is 17.7 Å². The van der Waals surface area contributed by atoms with Gasteiger partial charge in [-0.1, -0.05) is 18.5 Å². The van der Waals surface area contributed by atoms with Crippen LogP contribution in [0.3, 0.4) is 0 Å². The van der Waals surface area contributed by atoms with Crippen LogP contribution in [0.25, 0.3) is 0 Å². The molecule has 7 nitrogen and oxygen atoms in total. The fourth-order valence-electron chi connectivity index (χ4n) is 1.98. The topological polar surface area (TPSA) is 90.0 Å². The molecule has 0 aliphatic rings. The van der Waals surface area contributed by atoms with E-state index in [-0.39, 0.29) is 11.4 Å². The lowest BCUT2D eigenvalue weighted by Gasteiger charge is -2.02. The van der Waals surface area contributed by atoms with Gasteiger partial charge in [0.1, 0.15) is 4.90 Å². The highest BCUT2D eigenvalue weighted by Gasteiger charge is 2.20. The summed E-state index contributed by atoms with van der Waals surface area (Å²) in [4.78, 5) is 0.192. The molecule has 0 aliphatic carbocycles. The minimum atomic E-state index is -3.60. The van der Waals surface area contributed by atoms with Gasteiger partial charge in [-0.25, -0.2) is 13.1 Å². The van der Waals surface area contributed by atoms with Crippen LogP contribution in [-0.2, 0) is 29.5 Å². The Balaban J connectivity index is 2.08.